The Morgan fingerprint density at radius 3 is 2.72 bits per heavy atom. The number of carbonyl (C=O) groups excluding carboxylic acids is 1. The Bertz CT molecular complexity index is 396. The van der Waals surface area contributed by atoms with E-state index >= 15 is 0 Å². The lowest BCUT2D eigenvalue weighted by Crippen LogP contribution is -2.14. The molecule has 0 amide bonds. The summed E-state index contributed by atoms with van der Waals surface area (Å²) in [5, 5.41) is 0. The second-order valence-corrected chi connectivity index (χ2v) is 5.11. The number of hydrogen-bond acceptors (Lipinski definition) is 2. The van der Waals surface area contributed by atoms with E-state index in [4.69, 9.17) is 4.74 Å². The van der Waals surface area contributed by atoms with Crippen LogP contribution >= 0.6 is 0 Å². The summed E-state index contributed by atoms with van der Waals surface area (Å²) in [6.07, 6.45) is 2.62. The largest absolute Gasteiger partial charge is 0.465 e. The van der Waals surface area contributed by atoms with Crippen molar-refractivity contribution in [3.63, 3.8) is 0 Å². The molecule has 0 aliphatic rings. The molecule has 0 heterocycles. The van der Waals surface area contributed by atoms with Gasteiger partial charge in [0.15, 0.2) is 0 Å². The van der Waals surface area contributed by atoms with Crippen molar-refractivity contribution in [2.45, 2.75) is 47.0 Å². The van der Waals surface area contributed by atoms with Crippen LogP contribution in [0.1, 0.15) is 43.4 Å². The van der Waals surface area contributed by atoms with Crippen LogP contribution in [0.4, 0.5) is 0 Å². The molecule has 0 aliphatic heterocycles. The zero-order valence-electron chi connectivity index (χ0n) is 12.0. The van der Waals surface area contributed by atoms with Crippen molar-refractivity contribution in [3.8, 4) is 0 Å². The molecule has 1 aromatic rings. The Morgan fingerprint density at radius 2 is 2.06 bits per heavy atom. The van der Waals surface area contributed by atoms with E-state index in [-0.39, 0.29) is 5.97 Å². The highest BCUT2D eigenvalue weighted by Crippen LogP contribution is 2.14. The summed E-state index contributed by atoms with van der Waals surface area (Å²) in [5.41, 5.74) is 3.49. The molecular formula is C16H24O2. The topological polar surface area (TPSA) is 26.3 Å². The van der Waals surface area contributed by atoms with Gasteiger partial charge in [-0.25, -0.2) is 0 Å². The first-order valence-electron chi connectivity index (χ1n) is 6.75. The van der Waals surface area contributed by atoms with Crippen LogP contribution in [0.3, 0.4) is 0 Å². The van der Waals surface area contributed by atoms with Crippen molar-refractivity contribution in [2.75, 3.05) is 6.61 Å². The predicted octanol–water partition coefficient (Wildman–Crippen LogP) is 3.83. The van der Waals surface area contributed by atoms with Crippen LogP contribution in [0.2, 0.25) is 0 Å². The maximum absolute atomic E-state index is 11.8. The number of hydrogen-bond donors (Lipinski definition) is 0. The Labute approximate surface area is 110 Å². The van der Waals surface area contributed by atoms with Gasteiger partial charge in [-0.2, -0.15) is 0 Å². The molecule has 0 spiro atoms. The lowest BCUT2D eigenvalue weighted by atomic mass is 10.0. The standard InChI is InChI=1S/C16H24O2/c1-5-7-12(2)11-18-16(17)10-15-9-6-8-13(3)14(15)4/h6,8-9,12H,5,7,10-11H2,1-4H3. The summed E-state index contributed by atoms with van der Waals surface area (Å²) in [6, 6.07) is 6.05. The minimum absolute atomic E-state index is 0.119. The summed E-state index contributed by atoms with van der Waals surface area (Å²) in [4.78, 5) is 11.8. The zero-order valence-corrected chi connectivity index (χ0v) is 12.0. The number of carbonyl (C=O) groups is 1. The van der Waals surface area contributed by atoms with Crippen molar-refractivity contribution in [3.05, 3.63) is 34.9 Å². The molecular weight excluding hydrogens is 224 g/mol. The van der Waals surface area contributed by atoms with E-state index in [1.54, 1.807) is 0 Å². The monoisotopic (exact) mass is 248 g/mol. The highest BCUT2D eigenvalue weighted by molar-refractivity contribution is 5.73. The molecule has 2 heteroatoms. The fourth-order valence-corrected chi connectivity index (χ4v) is 2.02. The molecule has 1 unspecified atom stereocenters. The van der Waals surface area contributed by atoms with Gasteiger partial charge in [0, 0.05) is 0 Å². The first-order chi connectivity index (χ1) is 8.54. The average Bonchev–Trinajstić information content (AvgIpc) is 2.33. The third-order valence-electron chi connectivity index (χ3n) is 3.36. The van der Waals surface area contributed by atoms with Gasteiger partial charge in [-0.05, 0) is 42.9 Å². The van der Waals surface area contributed by atoms with Crippen LogP contribution in [0.5, 0.6) is 0 Å². The molecule has 2 nitrogen and oxygen atoms in total. The van der Waals surface area contributed by atoms with E-state index < -0.39 is 0 Å². The number of ether oxygens (including phenoxy) is 1. The fraction of sp³-hybridized carbons (Fsp3) is 0.562. The van der Waals surface area contributed by atoms with E-state index in [0.29, 0.717) is 18.9 Å². The molecule has 0 radical (unpaired) electrons. The maximum Gasteiger partial charge on any atom is 0.310 e. The van der Waals surface area contributed by atoms with E-state index in [1.807, 2.05) is 12.1 Å². The van der Waals surface area contributed by atoms with Gasteiger partial charge in [0.05, 0.1) is 13.0 Å². The van der Waals surface area contributed by atoms with E-state index in [0.717, 1.165) is 18.4 Å². The van der Waals surface area contributed by atoms with Crippen LogP contribution in [0.15, 0.2) is 18.2 Å². The molecule has 0 fully saturated rings. The number of aryl methyl sites for hydroxylation is 1. The molecule has 0 bridgehead atoms. The second kappa shape index (κ2) is 7.20. The van der Waals surface area contributed by atoms with Gasteiger partial charge in [-0.15, -0.1) is 0 Å². The van der Waals surface area contributed by atoms with E-state index in [9.17, 15) is 4.79 Å². The fourth-order valence-electron chi connectivity index (χ4n) is 2.02. The highest BCUT2D eigenvalue weighted by atomic mass is 16.5. The van der Waals surface area contributed by atoms with Crippen molar-refractivity contribution in [2.24, 2.45) is 5.92 Å². The van der Waals surface area contributed by atoms with Crippen LogP contribution in [-0.2, 0) is 16.0 Å². The van der Waals surface area contributed by atoms with E-state index in [1.165, 1.54) is 11.1 Å². The molecule has 100 valence electrons. The average molecular weight is 248 g/mol. The first-order valence-corrected chi connectivity index (χ1v) is 6.75. The van der Waals surface area contributed by atoms with Gasteiger partial charge in [-0.1, -0.05) is 38.5 Å². The third-order valence-corrected chi connectivity index (χ3v) is 3.36. The quantitative estimate of drug-likeness (QED) is 0.715. The minimum atomic E-state index is -0.119. The molecule has 0 saturated carbocycles. The molecule has 1 atom stereocenters. The Hall–Kier alpha value is -1.31. The van der Waals surface area contributed by atoms with Crippen LogP contribution in [-0.4, -0.2) is 12.6 Å². The van der Waals surface area contributed by atoms with E-state index in [2.05, 4.69) is 33.8 Å². The number of benzene rings is 1. The summed E-state index contributed by atoms with van der Waals surface area (Å²) in [6.45, 7) is 8.92. The predicted molar refractivity (Wildman–Crippen MR) is 74.7 cm³/mol. The minimum Gasteiger partial charge on any atom is -0.465 e. The molecule has 1 rings (SSSR count). The smallest absolute Gasteiger partial charge is 0.310 e. The van der Waals surface area contributed by atoms with Crippen molar-refractivity contribution in [1.29, 1.82) is 0 Å². The molecule has 0 aromatic heterocycles. The molecule has 0 saturated heterocycles. The highest BCUT2D eigenvalue weighted by Gasteiger charge is 2.10. The van der Waals surface area contributed by atoms with Crippen molar-refractivity contribution in [1.82, 2.24) is 0 Å². The molecule has 0 N–H and O–H groups in total. The van der Waals surface area contributed by atoms with Gasteiger partial charge < -0.3 is 4.74 Å². The lowest BCUT2D eigenvalue weighted by molar-refractivity contribution is -0.144. The van der Waals surface area contributed by atoms with Gasteiger partial charge in [0.1, 0.15) is 0 Å². The molecule has 1 aromatic carbocycles. The van der Waals surface area contributed by atoms with Crippen LogP contribution in [0, 0.1) is 19.8 Å². The van der Waals surface area contributed by atoms with Crippen molar-refractivity contribution >= 4 is 5.97 Å². The first kappa shape index (κ1) is 14.7. The number of esters is 1. The normalized spacial score (nSPS) is 12.2. The lowest BCUT2D eigenvalue weighted by Gasteiger charge is -2.12. The SMILES string of the molecule is CCCC(C)COC(=O)Cc1cccc(C)c1C. The Balaban J connectivity index is 2.47. The molecule has 18 heavy (non-hydrogen) atoms. The van der Waals surface area contributed by atoms with Gasteiger partial charge >= 0.3 is 5.97 Å². The van der Waals surface area contributed by atoms with Crippen LogP contribution < -0.4 is 0 Å². The maximum atomic E-state index is 11.8. The zero-order chi connectivity index (χ0) is 13.5. The summed E-state index contributed by atoms with van der Waals surface area (Å²) >= 11 is 0. The molecule has 0 aliphatic carbocycles. The number of rotatable bonds is 6. The second-order valence-electron chi connectivity index (χ2n) is 5.11. The summed E-state index contributed by atoms with van der Waals surface area (Å²) in [5.74, 6) is 0.337. The van der Waals surface area contributed by atoms with Crippen molar-refractivity contribution < 1.29 is 9.53 Å². The van der Waals surface area contributed by atoms with Gasteiger partial charge in [0.25, 0.3) is 0 Å². The Kier molecular flexibility index (Phi) is 5.90. The summed E-state index contributed by atoms with van der Waals surface area (Å²) in [7, 11) is 0. The Morgan fingerprint density at radius 1 is 1.33 bits per heavy atom. The van der Waals surface area contributed by atoms with Gasteiger partial charge in [0.2, 0.25) is 0 Å². The third kappa shape index (κ3) is 4.52. The van der Waals surface area contributed by atoms with Crippen LogP contribution in [0.25, 0.3) is 0 Å². The van der Waals surface area contributed by atoms with Gasteiger partial charge in [-0.3, -0.25) is 4.79 Å². The summed E-state index contributed by atoms with van der Waals surface area (Å²) < 4.78 is 5.32.